The van der Waals surface area contributed by atoms with Gasteiger partial charge in [-0.05, 0) is 65.4 Å². The highest BCUT2D eigenvalue weighted by Crippen LogP contribution is 2.32. The van der Waals surface area contributed by atoms with Crippen LogP contribution >= 0.6 is 0 Å². The molecule has 0 radical (unpaired) electrons. The summed E-state index contributed by atoms with van der Waals surface area (Å²) < 4.78 is 4.72. The zero-order valence-electron chi connectivity index (χ0n) is 21.9. The van der Waals surface area contributed by atoms with Gasteiger partial charge < -0.3 is 20.3 Å². The van der Waals surface area contributed by atoms with Crippen LogP contribution in [-0.4, -0.2) is 32.1 Å². The number of amides is 1. The number of hydrogen-bond acceptors (Lipinski definition) is 5. The zero-order chi connectivity index (χ0) is 26.3. The first-order valence-electron chi connectivity index (χ1n) is 13.5. The topological polar surface area (TPSA) is 70.7 Å². The van der Waals surface area contributed by atoms with Gasteiger partial charge in [-0.3, -0.25) is 4.79 Å². The molecule has 196 valence electrons. The molecule has 1 heterocycles. The number of fused-ring (bicyclic) bond motifs is 1. The van der Waals surface area contributed by atoms with Crippen LogP contribution in [0.15, 0.2) is 72.8 Å². The van der Waals surface area contributed by atoms with Gasteiger partial charge in [0.2, 0.25) is 5.91 Å². The number of esters is 1. The molecule has 0 spiro atoms. The first-order valence-corrected chi connectivity index (χ1v) is 13.5. The molecule has 1 saturated carbocycles. The van der Waals surface area contributed by atoms with E-state index < -0.39 is 5.97 Å². The van der Waals surface area contributed by atoms with E-state index in [4.69, 9.17) is 4.74 Å². The van der Waals surface area contributed by atoms with Crippen molar-refractivity contribution in [3.05, 3.63) is 83.9 Å². The summed E-state index contributed by atoms with van der Waals surface area (Å²) >= 11 is 0. The molecule has 2 aliphatic rings. The number of methoxy groups -OCH3 is 1. The Kier molecular flexibility index (Phi) is 8.07. The predicted molar refractivity (Wildman–Crippen MR) is 154 cm³/mol. The summed E-state index contributed by atoms with van der Waals surface area (Å²) in [5.74, 6) is -0.179. The Morgan fingerprint density at radius 3 is 2.39 bits per heavy atom. The molecule has 0 atom stereocenters. The maximum atomic E-state index is 13.8. The minimum Gasteiger partial charge on any atom is -0.466 e. The van der Waals surface area contributed by atoms with Crippen molar-refractivity contribution in [1.29, 1.82) is 0 Å². The van der Waals surface area contributed by atoms with Gasteiger partial charge in [0, 0.05) is 30.8 Å². The number of carbonyl (C=O) groups is 2. The maximum absolute atomic E-state index is 13.8. The average molecular weight is 510 g/mol. The Hall–Kier alpha value is -4.06. The summed E-state index contributed by atoms with van der Waals surface area (Å²) in [6.07, 6.45) is 8.41. The number of nitrogens with one attached hydrogen (secondary N) is 2. The number of benzene rings is 3. The molecule has 38 heavy (non-hydrogen) atoms. The zero-order valence-corrected chi connectivity index (χ0v) is 21.9. The molecule has 0 bridgehead atoms. The predicted octanol–water partition coefficient (Wildman–Crippen LogP) is 6.49. The number of hydrogen-bond donors (Lipinski definition) is 2. The van der Waals surface area contributed by atoms with Crippen LogP contribution in [0, 0.1) is 5.92 Å². The van der Waals surface area contributed by atoms with Crippen molar-refractivity contribution in [3.63, 3.8) is 0 Å². The van der Waals surface area contributed by atoms with Crippen LogP contribution in [0.25, 0.3) is 17.2 Å². The Balaban J connectivity index is 1.39. The fourth-order valence-corrected chi connectivity index (χ4v) is 5.30. The van der Waals surface area contributed by atoms with Crippen molar-refractivity contribution in [2.75, 3.05) is 35.7 Å². The smallest absolute Gasteiger partial charge is 0.330 e. The lowest BCUT2D eigenvalue weighted by molar-refractivity contribution is -0.134. The fraction of sp³-hybridized carbons (Fsp3) is 0.312. The van der Waals surface area contributed by atoms with E-state index >= 15 is 0 Å². The van der Waals surface area contributed by atoms with E-state index in [-0.39, 0.29) is 11.8 Å². The highest BCUT2D eigenvalue weighted by Gasteiger charge is 2.27. The Bertz CT molecular complexity index is 1310. The first-order chi connectivity index (χ1) is 18.6. The highest BCUT2D eigenvalue weighted by atomic mass is 16.5. The summed E-state index contributed by atoms with van der Waals surface area (Å²) in [6, 6.07) is 22.7. The lowest BCUT2D eigenvalue weighted by Gasteiger charge is -2.30. The first kappa shape index (κ1) is 25.6. The normalized spacial score (nSPS) is 15.3. The molecule has 1 aliphatic carbocycles. The SMILES string of the molecule is COC(=O)/C=C/c1cccc(N(Cc2ccc(-c3ccc4c(c3)NCCN4)cc2)C(=O)C2CCCCC2)c1. The number of carbonyl (C=O) groups excluding carboxylic acids is 2. The number of rotatable bonds is 7. The highest BCUT2D eigenvalue weighted by molar-refractivity contribution is 5.95. The van der Waals surface area contributed by atoms with Crippen LogP contribution in [-0.2, 0) is 20.9 Å². The van der Waals surface area contributed by atoms with Gasteiger partial charge in [0.1, 0.15) is 0 Å². The molecule has 0 aromatic heterocycles. The van der Waals surface area contributed by atoms with Gasteiger partial charge in [-0.15, -0.1) is 0 Å². The quantitative estimate of drug-likeness (QED) is 0.281. The molecular weight excluding hydrogens is 474 g/mol. The molecule has 0 saturated heterocycles. The van der Waals surface area contributed by atoms with Crippen LogP contribution in [0.1, 0.15) is 43.2 Å². The third-order valence-electron chi connectivity index (χ3n) is 7.42. The Morgan fingerprint density at radius 1 is 0.895 bits per heavy atom. The third-order valence-corrected chi connectivity index (χ3v) is 7.42. The summed E-state index contributed by atoms with van der Waals surface area (Å²) in [6.45, 7) is 2.34. The second-order valence-electron chi connectivity index (χ2n) is 10.0. The van der Waals surface area contributed by atoms with Gasteiger partial charge in [-0.2, -0.15) is 0 Å². The molecule has 5 rings (SSSR count). The van der Waals surface area contributed by atoms with Gasteiger partial charge in [-0.25, -0.2) is 4.79 Å². The van der Waals surface area contributed by atoms with Crippen molar-refractivity contribution in [3.8, 4) is 11.1 Å². The van der Waals surface area contributed by atoms with Crippen LogP contribution in [0.2, 0.25) is 0 Å². The van der Waals surface area contributed by atoms with E-state index in [1.807, 2.05) is 29.2 Å². The van der Waals surface area contributed by atoms with E-state index in [0.717, 1.165) is 78.1 Å². The molecule has 0 unspecified atom stereocenters. The molecule has 6 heteroatoms. The van der Waals surface area contributed by atoms with Crippen molar-refractivity contribution in [2.45, 2.75) is 38.6 Å². The van der Waals surface area contributed by atoms with Crippen molar-refractivity contribution >= 4 is 35.0 Å². The van der Waals surface area contributed by atoms with Gasteiger partial charge >= 0.3 is 5.97 Å². The van der Waals surface area contributed by atoms with E-state index in [9.17, 15) is 9.59 Å². The monoisotopic (exact) mass is 509 g/mol. The van der Waals surface area contributed by atoms with Crippen LogP contribution in [0.5, 0.6) is 0 Å². The molecule has 3 aromatic carbocycles. The Labute approximate surface area is 224 Å². The standard InChI is InChI=1S/C32H35N3O3/c1-38-31(36)17-12-23-6-5-9-28(20-23)35(32(37)26-7-3-2-4-8-26)22-24-10-13-25(14-11-24)27-15-16-29-30(21-27)34-19-18-33-29/h5-6,9-17,20-21,26,33-34H,2-4,7-8,18-19,22H2,1H3/b17-12+. The maximum Gasteiger partial charge on any atom is 0.330 e. The van der Waals surface area contributed by atoms with Gasteiger partial charge in [-0.1, -0.05) is 61.7 Å². The van der Waals surface area contributed by atoms with Crippen LogP contribution in [0.4, 0.5) is 17.1 Å². The van der Waals surface area contributed by atoms with Crippen LogP contribution in [0.3, 0.4) is 0 Å². The van der Waals surface area contributed by atoms with Crippen LogP contribution < -0.4 is 15.5 Å². The molecule has 2 N–H and O–H groups in total. The third kappa shape index (κ3) is 6.08. The summed E-state index contributed by atoms with van der Waals surface area (Å²) in [7, 11) is 1.36. The van der Waals surface area contributed by atoms with Crippen molar-refractivity contribution in [1.82, 2.24) is 0 Å². The molecule has 3 aromatic rings. The average Bonchev–Trinajstić information content (AvgIpc) is 2.99. The summed E-state index contributed by atoms with van der Waals surface area (Å²) in [5, 5.41) is 6.88. The minimum absolute atomic E-state index is 0.0499. The van der Waals surface area contributed by atoms with Crippen molar-refractivity contribution < 1.29 is 14.3 Å². The second-order valence-corrected chi connectivity index (χ2v) is 10.0. The molecular formula is C32H35N3O3. The number of anilines is 3. The lowest BCUT2D eigenvalue weighted by atomic mass is 9.88. The Morgan fingerprint density at radius 2 is 1.63 bits per heavy atom. The van der Waals surface area contributed by atoms with Gasteiger partial charge in [0.15, 0.2) is 0 Å². The lowest BCUT2D eigenvalue weighted by Crippen LogP contribution is -2.36. The van der Waals surface area contributed by atoms with Crippen molar-refractivity contribution in [2.24, 2.45) is 5.92 Å². The molecule has 1 amide bonds. The number of nitrogens with zero attached hydrogens (tertiary/aromatic N) is 1. The minimum atomic E-state index is -0.406. The fourth-order valence-electron chi connectivity index (χ4n) is 5.30. The van der Waals surface area contributed by atoms with E-state index in [2.05, 4.69) is 53.1 Å². The molecule has 1 aliphatic heterocycles. The largest absolute Gasteiger partial charge is 0.466 e. The van der Waals surface area contributed by atoms with E-state index in [1.165, 1.54) is 19.6 Å². The molecule has 1 fully saturated rings. The van der Waals surface area contributed by atoms with Gasteiger partial charge in [0.25, 0.3) is 0 Å². The molecule has 6 nitrogen and oxygen atoms in total. The second kappa shape index (κ2) is 12.0. The summed E-state index contributed by atoms with van der Waals surface area (Å²) in [5.41, 5.74) is 7.33. The number of ether oxygens (including phenoxy) is 1. The van der Waals surface area contributed by atoms with E-state index in [0.29, 0.717) is 6.54 Å². The summed E-state index contributed by atoms with van der Waals surface area (Å²) in [4.78, 5) is 27.3. The van der Waals surface area contributed by atoms with Gasteiger partial charge in [0.05, 0.1) is 25.0 Å². The van der Waals surface area contributed by atoms with E-state index in [1.54, 1.807) is 6.08 Å².